The third-order valence-electron chi connectivity index (χ3n) is 2.07. The van der Waals surface area contributed by atoms with Crippen molar-refractivity contribution in [1.82, 2.24) is 0 Å². The lowest BCUT2D eigenvalue weighted by Gasteiger charge is -2.11. The highest BCUT2D eigenvalue weighted by Crippen LogP contribution is 2.20. The number of rotatable bonds is 4. The summed E-state index contributed by atoms with van der Waals surface area (Å²) in [6, 6.07) is 3.41. The Morgan fingerprint density at radius 3 is 2.59 bits per heavy atom. The second-order valence-electron chi connectivity index (χ2n) is 3.29. The summed E-state index contributed by atoms with van der Waals surface area (Å²) in [6.07, 6.45) is -1.09. The number of hydrogen-bond acceptors (Lipinski definition) is 4. The highest BCUT2D eigenvalue weighted by Gasteiger charge is 2.20. The van der Waals surface area contributed by atoms with Gasteiger partial charge in [0.25, 0.3) is 5.91 Å². The quantitative estimate of drug-likeness (QED) is 0.793. The number of benzene rings is 1. The van der Waals surface area contributed by atoms with Crippen LogP contribution in [0.1, 0.15) is 17.3 Å². The zero-order valence-electron chi connectivity index (χ0n) is 9.40. The van der Waals surface area contributed by atoms with Gasteiger partial charge in [-0.1, -0.05) is 0 Å². The van der Waals surface area contributed by atoms with Crippen LogP contribution < -0.4 is 10.5 Å². The van der Waals surface area contributed by atoms with E-state index in [1.165, 1.54) is 20.1 Å². The van der Waals surface area contributed by atoms with E-state index in [2.05, 4.69) is 0 Å². The van der Waals surface area contributed by atoms with Gasteiger partial charge in [0.1, 0.15) is 17.1 Å². The Balaban J connectivity index is 2.95. The molecule has 0 bridgehead atoms. The Morgan fingerprint density at radius 2 is 2.06 bits per heavy atom. The number of ether oxygens (including phenoxy) is 2. The molecule has 1 amide bonds. The number of hydrogen-bond donors (Lipinski definition) is 1. The molecule has 1 aromatic rings. The third kappa shape index (κ3) is 3.17. The number of methoxy groups -OCH3 is 1. The first-order chi connectivity index (χ1) is 7.95. The lowest BCUT2D eigenvalue weighted by atomic mass is 10.2. The van der Waals surface area contributed by atoms with E-state index in [0.29, 0.717) is 0 Å². The van der Waals surface area contributed by atoms with Crippen LogP contribution in [0.2, 0.25) is 0 Å². The third-order valence-corrected chi connectivity index (χ3v) is 2.07. The normalized spacial score (nSPS) is 11.7. The minimum atomic E-state index is -1.09. The number of halogens is 1. The molecule has 17 heavy (non-hydrogen) atoms. The molecule has 0 aliphatic heterocycles. The van der Waals surface area contributed by atoms with Crippen LogP contribution in [0.5, 0.6) is 5.75 Å². The average molecular weight is 241 g/mol. The summed E-state index contributed by atoms with van der Waals surface area (Å²) in [5.41, 5.74) is 4.84. The predicted molar refractivity (Wildman–Crippen MR) is 57.0 cm³/mol. The van der Waals surface area contributed by atoms with Crippen molar-refractivity contribution in [1.29, 1.82) is 0 Å². The molecule has 92 valence electrons. The maximum absolute atomic E-state index is 13.0. The Kier molecular flexibility index (Phi) is 4.03. The topological polar surface area (TPSA) is 78.6 Å². The van der Waals surface area contributed by atoms with Crippen molar-refractivity contribution in [3.63, 3.8) is 0 Å². The smallest absolute Gasteiger partial charge is 0.342 e. The zero-order valence-corrected chi connectivity index (χ0v) is 9.40. The van der Waals surface area contributed by atoms with Gasteiger partial charge in [0, 0.05) is 0 Å². The van der Waals surface area contributed by atoms with Crippen LogP contribution in [0, 0.1) is 5.82 Å². The van der Waals surface area contributed by atoms with Gasteiger partial charge in [-0.3, -0.25) is 4.79 Å². The van der Waals surface area contributed by atoms with Gasteiger partial charge < -0.3 is 15.2 Å². The number of carbonyl (C=O) groups excluding carboxylic acids is 2. The van der Waals surface area contributed by atoms with E-state index >= 15 is 0 Å². The van der Waals surface area contributed by atoms with E-state index in [1.807, 2.05) is 0 Å². The summed E-state index contributed by atoms with van der Waals surface area (Å²) >= 11 is 0. The monoisotopic (exact) mass is 241 g/mol. The van der Waals surface area contributed by atoms with E-state index in [9.17, 15) is 14.0 Å². The molecule has 0 spiro atoms. The number of carbonyl (C=O) groups is 2. The van der Waals surface area contributed by atoms with E-state index in [1.54, 1.807) is 0 Å². The summed E-state index contributed by atoms with van der Waals surface area (Å²) in [7, 11) is 1.33. The minimum absolute atomic E-state index is 0.0967. The molecule has 6 heteroatoms. The fourth-order valence-corrected chi connectivity index (χ4v) is 1.12. The molecule has 1 rings (SSSR count). The first-order valence-electron chi connectivity index (χ1n) is 4.79. The largest absolute Gasteiger partial charge is 0.496 e. The van der Waals surface area contributed by atoms with Crippen molar-refractivity contribution in [2.45, 2.75) is 13.0 Å². The summed E-state index contributed by atoms with van der Waals surface area (Å²) in [4.78, 5) is 22.3. The molecule has 0 unspecified atom stereocenters. The van der Waals surface area contributed by atoms with Crippen LogP contribution in [-0.2, 0) is 9.53 Å². The molecular formula is C11H12FNO4. The molecule has 0 saturated heterocycles. The zero-order chi connectivity index (χ0) is 13.0. The SMILES string of the molecule is COc1ccc(F)cc1C(=O)O[C@H](C)C(N)=O. The van der Waals surface area contributed by atoms with Crippen LogP contribution in [0.25, 0.3) is 0 Å². The summed E-state index contributed by atoms with van der Waals surface area (Å²) < 4.78 is 22.6. The van der Waals surface area contributed by atoms with Crippen LogP contribution in [-0.4, -0.2) is 25.1 Å². The van der Waals surface area contributed by atoms with Gasteiger partial charge in [0.2, 0.25) is 0 Å². The van der Waals surface area contributed by atoms with Gasteiger partial charge >= 0.3 is 5.97 Å². The number of primary amides is 1. The molecule has 0 radical (unpaired) electrons. The Labute approximate surface area is 97.3 Å². The first-order valence-corrected chi connectivity index (χ1v) is 4.79. The van der Waals surface area contributed by atoms with Crippen molar-refractivity contribution >= 4 is 11.9 Å². The average Bonchev–Trinajstić information content (AvgIpc) is 2.28. The Hall–Kier alpha value is -2.11. The van der Waals surface area contributed by atoms with Gasteiger partial charge in [-0.25, -0.2) is 9.18 Å². The lowest BCUT2D eigenvalue weighted by Crippen LogP contribution is -2.30. The van der Waals surface area contributed by atoms with Crippen molar-refractivity contribution in [3.8, 4) is 5.75 Å². The van der Waals surface area contributed by atoms with E-state index in [4.69, 9.17) is 15.2 Å². The van der Waals surface area contributed by atoms with Gasteiger partial charge in [-0.2, -0.15) is 0 Å². The Bertz CT molecular complexity index is 447. The fourth-order valence-electron chi connectivity index (χ4n) is 1.12. The molecule has 0 aromatic heterocycles. The number of nitrogens with two attached hydrogens (primary N) is 1. The molecule has 0 aliphatic rings. The molecule has 1 aromatic carbocycles. The van der Waals surface area contributed by atoms with Crippen LogP contribution >= 0.6 is 0 Å². The first kappa shape index (κ1) is 13.0. The summed E-state index contributed by atoms with van der Waals surface area (Å²) in [5.74, 6) is -2.10. The lowest BCUT2D eigenvalue weighted by molar-refractivity contribution is -0.125. The van der Waals surface area contributed by atoms with Crippen LogP contribution in [0.3, 0.4) is 0 Å². The van der Waals surface area contributed by atoms with Crippen molar-refractivity contribution < 1.29 is 23.5 Å². The van der Waals surface area contributed by atoms with E-state index in [-0.39, 0.29) is 11.3 Å². The highest BCUT2D eigenvalue weighted by atomic mass is 19.1. The molecule has 1 atom stereocenters. The van der Waals surface area contributed by atoms with Gasteiger partial charge in [0.05, 0.1) is 7.11 Å². The second-order valence-corrected chi connectivity index (χ2v) is 3.29. The molecular weight excluding hydrogens is 229 g/mol. The molecule has 2 N–H and O–H groups in total. The molecule has 0 heterocycles. The van der Waals surface area contributed by atoms with Crippen molar-refractivity contribution in [3.05, 3.63) is 29.6 Å². The molecule has 5 nitrogen and oxygen atoms in total. The molecule has 0 aliphatic carbocycles. The van der Waals surface area contributed by atoms with Gasteiger partial charge in [-0.05, 0) is 25.1 Å². The van der Waals surface area contributed by atoms with Gasteiger partial charge in [-0.15, -0.1) is 0 Å². The maximum Gasteiger partial charge on any atom is 0.342 e. The van der Waals surface area contributed by atoms with Gasteiger partial charge in [0.15, 0.2) is 6.10 Å². The summed E-state index contributed by atoms with van der Waals surface area (Å²) in [6.45, 7) is 1.33. The number of esters is 1. The summed E-state index contributed by atoms with van der Waals surface area (Å²) in [5, 5.41) is 0. The van der Waals surface area contributed by atoms with E-state index in [0.717, 1.165) is 12.1 Å². The molecule has 0 saturated carbocycles. The maximum atomic E-state index is 13.0. The van der Waals surface area contributed by atoms with Crippen LogP contribution in [0.15, 0.2) is 18.2 Å². The fraction of sp³-hybridized carbons (Fsp3) is 0.273. The van der Waals surface area contributed by atoms with Crippen molar-refractivity contribution in [2.75, 3.05) is 7.11 Å². The standard InChI is InChI=1S/C11H12FNO4/c1-6(10(13)14)17-11(15)8-5-7(12)3-4-9(8)16-2/h3-6H,1-2H3,(H2,13,14)/t6-/m1/s1. The van der Waals surface area contributed by atoms with Crippen LogP contribution in [0.4, 0.5) is 4.39 Å². The van der Waals surface area contributed by atoms with E-state index < -0.39 is 23.8 Å². The highest BCUT2D eigenvalue weighted by molar-refractivity contribution is 5.94. The second kappa shape index (κ2) is 5.29. The predicted octanol–water partition coefficient (Wildman–Crippen LogP) is 0.865. The minimum Gasteiger partial charge on any atom is -0.496 e. The van der Waals surface area contributed by atoms with Crippen molar-refractivity contribution in [2.24, 2.45) is 5.73 Å². The number of amides is 1. The Morgan fingerprint density at radius 1 is 1.41 bits per heavy atom. The molecule has 0 fully saturated rings.